The van der Waals surface area contributed by atoms with Gasteiger partial charge < -0.3 is 10.2 Å². The quantitative estimate of drug-likeness (QED) is 0.495. The maximum absolute atomic E-state index is 11.3. The van der Waals surface area contributed by atoms with Crippen LogP contribution in [0.4, 0.5) is 0 Å². The summed E-state index contributed by atoms with van der Waals surface area (Å²) in [5, 5.41) is 24.2. The van der Waals surface area contributed by atoms with Crippen LogP contribution in [0.3, 0.4) is 0 Å². The van der Waals surface area contributed by atoms with Crippen molar-refractivity contribution in [3.8, 4) is 32.6 Å². The van der Waals surface area contributed by atoms with Gasteiger partial charge in [-0.05, 0) is 0 Å². The van der Waals surface area contributed by atoms with E-state index in [2.05, 4.69) is 18.7 Å². The number of hydrogen-bond acceptors (Lipinski definition) is 6. The molecule has 2 heterocycles. The topological polar surface area (TPSA) is 100 Å². The molecule has 9 heteroatoms. The van der Waals surface area contributed by atoms with Crippen molar-refractivity contribution < 1.29 is 20.2 Å². The molecule has 0 fully saturated rings. The fourth-order valence-electron chi connectivity index (χ4n) is 1.94. The van der Waals surface area contributed by atoms with Crippen molar-refractivity contribution in [2.45, 2.75) is 0 Å². The summed E-state index contributed by atoms with van der Waals surface area (Å²) in [4.78, 5) is 5.80. The number of aromatic nitrogens is 4. The Kier molecular flexibility index (Phi) is 6.70. The second kappa shape index (κ2) is 8.98. The van der Waals surface area contributed by atoms with E-state index in [-0.39, 0.29) is 21.6 Å². The van der Waals surface area contributed by atoms with Crippen molar-refractivity contribution in [2.24, 2.45) is 0 Å². The van der Waals surface area contributed by atoms with Crippen LogP contribution in [0.25, 0.3) is 21.1 Å². The van der Waals surface area contributed by atoms with Gasteiger partial charge in [0.15, 0.2) is 0 Å². The monoisotopic (exact) mass is 365 g/mol. The number of nitrogens with zero attached hydrogens (tertiary/aromatic N) is 2. The number of nitrogens with one attached hydrogen (secondary N) is 2. The molecule has 0 radical (unpaired) electrons. The van der Waals surface area contributed by atoms with Crippen molar-refractivity contribution in [1.82, 2.24) is 8.75 Å². The molecule has 0 saturated heterocycles. The number of para-hydroxylation sites is 2. The van der Waals surface area contributed by atoms with E-state index in [9.17, 15) is 10.2 Å². The molecule has 2 aromatic heterocycles. The number of hydrogen-bond donors (Lipinski definition) is 0. The van der Waals surface area contributed by atoms with Gasteiger partial charge in [-0.15, -0.1) is 0 Å². The van der Waals surface area contributed by atoms with E-state index in [4.69, 9.17) is 0 Å². The minimum absolute atomic E-state index is 0. The Morgan fingerprint density at radius 2 is 1.08 bits per heavy atom. The fraction of sp³-hybridized carbons (Fsp3) is 0. The molecule has 4 rings (SSSR count). The largest absolute Gasteiger partial charge is 2.00 e. The van der Waals surface area contributed by atoms with Gasteiger partial charge in [0.1, 0.15) is 23.1 Å². The Hall–Kier alpha value is -2.67. The molecule has 0 saturated carbocycles. The third kappa shape index (κ3) is 4.67. The van der Waals surface area contributed by atoms with Gasteiger partial charge in [0.2, 0.25) is 10.0 Å². The van der Waals surface area contributed by atoms with Gasteiger partial charge in [-0.3, -0.25) is 0 Å². The Bertz CT molecular complexity index is 826. The fourth-order valence-corrected chi connectivity index (χ4v) is 3.11. The van der Waals surface area contributed by atoms with Gasteiger partial charge in [-0.1, -0.05) is 60.0 Å². The van der Waals surface area contributed by atoms with E-state index in [1.54, 1.807) is 49.1 Å². The van der Waals surface area contributed by atoms with Crippen LogP contribution in [0.15, 0.2) is 61.2 Å². The van der Waals surface area contributed by atoms with E-state index < -0.39 is 0 Å². The predicted molar refractivity (Wildman–Crippen MR) is 92.9 cm³/mol. The first-order valence-electron chi connectivity index (χ1n) is 6.93. The maximum atomic E-state index is 11.3. The summed E-state index contributed by atoms with van der Waals surface area (Å²) in [5.74, 6) is 0.0519. The van der Waals surface area contributed by atoms with Crippen LogP contribution in [0.2, 0.25) is 0 Å². The summed E-state index contributed by atoms with van der Waals surface area (Å²) in [6.07, 6.45) is 3.15. The zero-order valence-corrected chi connectivity index (χ0v) is 14.6. The number of benzene rings is 2. The van der Waals surface area contributed by atoms with E-state index in [0.29, 0.717) is 11.1 Å². The molecule has 0 unspecified atom stereocenters. The van der Waals surface area contributed by atoms with Crippen LogP contribution in [0.1, 0.15) is 0 Å². The van der Waals surface area contributed by atoms with E-state index >= 15 is 0 Å². The summed E-state index contributed by atoms with van der Waals surface area (Å²) in [5.41, 5.74) is 1.36. The zero-order valence-electron chi connectivity index (χ0n) is 13.0. The van der Waals surface area contributed by atoms with E-state index in [1.165, 1.54) is 23.1 Å². The summed E-state index contributed by atoms with van der Waals surface area (Å²) in [6.45, 7) is 0. The average molecular weight is 365 g/mol. The van der Waals surface area contributed by atoms with Crippen molar-refractivity contribution in [1.29, 1.82) is 0 Å². The maximum Gasteiger partial charge on any atom is 2.00 e. The summed E-state index contributed by atoms with van der Waals surface area (Å²) in [7, 11) is 0. The zero-order chi connectivity index (χ0) is 16.8. The van der Waals surface area contributed by atoms with Crippen molar-refractivity contribution in [3.05, 3.63) is 61.2 Å². The van der Waals surface area contributed by atoms with Gasteiger partial charge in [-0.2, -0.15) is 0 Å². The molecule has 2 aromatic carbocycles. The molecule has 6 nitrogen and oxygen atoms in total. The molecule has 0 aliphatic carbocycles. The minimum atomic E-state index is 0. The van der Waals surface area contributed by atoms with Crippen LogP contribution < -0.4 is 20.2 Å². The molecule has 120 valence electrons. The molecule has 4 aromatic rings. The van der Waals surface area contributed by atoms with Crippen molar-refractivity contribution >= 4 is 33.2 Å². The van der Waals surface area contributed by atoms with Crippen molar-refractivity contribution in [3.63, 3.8) is 0 Å². The number of H-pyrrole nitrogens is 2. The molecule has 2 N–H and O–H groups in total. The van der Waals surface area contributed by atoms with Crippen LogP contribution in [0, 0.1) is 0 Å². The third-order valence-corrected chi connectivity index (χ3v) is 4.51. The van der Waals surface area contributed by atoms with Gasteiger partial charge in [0.25, 0.3) is 12.7 Å². The first kappa shape index (κ1) is 18.7. The standard InChI is InChI=1S/2C8H6N2OS.Be/c2*11-7-4-2-1-3-6(7)8-9-5-10-12-8;/h2*1-5,11H;/q;;+2. The van der Waals surface area contributed by atoms with Gasteiger partial charge in [-0.25, -0.2) is 9.97 Å². The van der Waals surface area contributed by atoms with Crippen LogP contribution in [0.5, 0.6) is 11.5 Å². The molecule has 0 atom stereocenters. The van der Waals surface area contributed by atoms with Crippen LogP contribution >= 0.6 is 23.1 Å². The first-order valence-corrected chi connectivity index (χ1v) is 8.48. The summed E-state index contributed by atoms with van der Waals surface area (Å²) in [6, 6.07) is 13.8. The van der Waals surface area contributed by atoms with Gasteiger partial charge in [0, 0.05) is 19.9 Å². The van der Waals surface area contributed by atoms with Crippen LogP contribution in [-0.2, 0) is 0 Å². The first-order chi connectivity index (χ1) is 11.8. The summed E-state index contributed by atoms with van der Waals surface area (Å²) < 4.78 is 7.77. The van der Waals surface area contributed by atoms with E-state index in [0.717, 1.165) is 10.0 Å². The Labute approximate surface area is 156 Å². The smallest absolute Gasteiger partial charge is 0.872 e. The Balaban J connectivity index is 0.000000173. The Morgan fingerprint density at radius 3 is 1.40 bits per heavy atom. The molecule has 0 amide bonds. The second-order valence-corrected chi connectivity index (χ2v) is 6.19. The minimum Gasteiger partial charge on any atom is -0.872 e. The average Bonchev–Trinajstić information content (AvgIpc) is 3.30. The third-order valence-electron chi connectivity index (χ3n) is 3.05. The van der Waals surface area contributed by atoms with E-state index in [1.807, 2.05) is 12.1 Å². The molecule has 0 aliphatic rings. The molecular formula is C16H12BeN4O2S2+2. The SMILES string of the molecule is [Be+2].[O-]c1ccccc1-c1[nH+]cns1.[O-]c1ccccc1-c1[nH+]cns1. The van der Waals surface area contributed by atoms with Gasteiger partial charge >= 0.3 is 10.1 Å². The predicted octanol–water partition coefficient (Wildman–Crippen LogP) is 1.01. The number of rotatable bonds is 2. The summed E-state index contributed by atoms with van der Waals surface area (Å²) >= 11 is 2.57. The number of aromatic amines is 2. The molecular weight excluding hydrogens is 353 g/mol. The van der Waals surface area contributed by atoms with Crippen LogP contribution in [-0.4, -0.2) is 18.9 Å². The molecule has 0 spiro atoms. The van der Waals surface area contributed by atoms with Gasteiger partial charge in [0.05, 0.1) is 0 Å². The molecule has 0 aliphatic heterocycles. The van der Waals surface area contributed by atoms with Crippen molar-refractivity contribution in [2.75, 3.05) is 0 Å². The normalized spacial score (nSPS) is 9.60. The molecule has 0 bridgehead atoms. The Morgan fingerprint density at radius 1 is 0.680 bits per heavy atom. The second-order valence-electron chi connectivity index (χ2n) is 4.59. The molecule has 25 heavy (non-hydrogen) atoms.